The van der Waals surface area contributed by atoms with Crippen LogP contribution in [0.15, 0.2) is 47.7 Å². The Hall–Kier alpha value is -2.04. The van der Waals surface area contributed by atoms with E-state index in [1.54, 1.807) is 16.9 Å². The van der Waals surface area contributed by atoms with E-state index in [1.165, 1.54) is 12.1 Å². The van der Waals surface area contributed by atoms with E-state index in [9.17, 15) is 13.2 Å². The first kappa shape index (κ1) is 13.0. The minimum Gasteiger partial charge on any atom is -0.409 e. The summed E-state index contributed by atoms with van der Waals surface area (Å²) in [4.78, 5) is 11.0. The number of carbonyl (C=O) groups is 1. The molecule has 0 fully saturated rings. The van der Waals surface area contributed by atoms with E-state index < -0.39 is 16.1 Å². The number of benzene rings is 1. The highest BCUT2D eigenvalue weighted by molar-refractivity contribution is 7.90. The summed E-state index contributed by atoms with van der Waals surface area (Å²) in [6.45, 7) is 4.99. The molecular formula is C11H11NO4S. The molecule has 0 spiro atoms. The van der Waals surface area contributed by atoms with Crippen LogP contribution in [0.2, 0.25) is 0 Å². The van der Waals surface area contributed by atoms with Crippen LogP contribution in [0, 0.1) is 6.92 Å². The first-order valence-corrected chi connectivity index (χ1v) is 6.08. The smallest absolute Gasteiger partial charge is 0.409 e. The molecule has 1 N–H and O–H groups in total. The summed E-state index contributed by atoms with van der Waals surface area (Å²) < 4.78 is 29.4. The molecule has 0 heterocycles. The number of nitrogens with one attached hydrogen (secondary N) is 1. The third kappa shape index (κ3) is 3.79. The van der Waals surface area contributed by atoms with Gasteiger partial charge in [0.15, 0.2) is 0 Å². The van der Waals surface area contributed by atoms with Crippen molar-refractivity contribution in [1.29, 1.82) is 0 Å². The molecule has 5 nitrogen and oxygen atoms in total. The van der Waals surface area contributed by atoms with Gasteiger partial charge in [0, 0.05) is 0 Å². The minimum absolute atomic E-state index is 0.0115. The number of ether oxygens (including phenoxy) is 1. The predicted molar refractivity (Wildman–Crippen MR) is 61.7 cm³/mol. The Balaban J connectivity index is 2.85. The summed E-state index contributed by atoms with van der Waals surface area (Å²) in [5.41, 5.74) is 3.10. The van der Waals surface area contributed by atoms with Crippen molar-refractivity contribution in [2.45, 2.75) is 11.8 Å². The van der Waals surface area contributed by atoms with Gasteiger partial charge in [-0.15, -0.1) is 0 Å². The minimum atomic E-state index is -3.90. The Kier molecular flexibility index (Phi) is 4.09. The van der Waals surface area contributed by atoms with Crippen molar-refractivity contribution < 1.29 is 17.9 Å². The molecule has 90 valence electrons. The highest BCUT2D eigenvalue weighted by Gasteiger charge is 2.17. The molecule has 1 amide bonds. The van der Waals surface area contributed by atoms with Crippen LogP contribution in [-0.2, 0) is 14.8 Å². The molecule has 0 saturated carbocycles. The van der Waals surface area contributed by atoms with Gasteiger partial charge in [0.1, 0.15) is 6.26 Å². The van der Waals surface area contributed by atoms with E-state index in [2.05, 4.69) is 17.0 Å². The monoisotopic (exact) mass is 253 g/mol. The zero-order valence-corrected chi connectivity index (χ0v) is 9.95. The van der Waals surface area contributed by atoms with Crippen LogP contribution < -0.4 is 4.72 Å². The zero-order chi connectivity index (χ0) is 12.9. The van der Waals surface area contributed by atoms with Crippen molar-refractivity contribution in [2.24, 2.45) is 0 Å². The topological polar surface area (TPSA) is 72.5 Å². The van der Waals surface area contributed by atoms with E-state index in [0.717, 1.165) is 11.8 Å². The lowest BCUT2D eigenvalue weighted by Gasteiger charge is -2.05. The number of aryl methyl sites for hydroxylation is 1. The standard InChI is InChI=1S/C11H11NO4S/c1-3-8-16-11(13)12-17(14,15)10-6-4-9(2)5-7-10/h4-8H,1H2,2H3,(H,12,13). The van der Waals surface area contributed by atoms with Gasteiger partial charge in [0.2, 0.25) is 0 Å². The quantitative estimate of drug-likeness (QED) is 0.657. The van der Waals surface area contributed by atoms with Crippen LogP contribution in [0.1, 0.15) is 5.56 Å². The molecule has 0 unspecified atom stereocenters. The highest BCUT2D eigenvalue weighted by atomic mass is 32.2. The van der Waals surface area contributed by atoms with Crippen molar-refractivity contribution in [3.8, 4) is 0 Å². The van der Waals surface area contributed by atoms with Crippen LogP contribution in [0.4, 0.5) is 4.79 Å². The van der Waals surface area contributed by atoms with Gasteiger partial charge in [0.05, 0.1) is 4.90 Å². The van der Waals surface area contributed by atoms with E-state index >= 15 is 0 Å². The lowest BCUT2D eigenvalue weighted by Crippen LogP contribution is -2.30. The SMILES string of the molecule is C=C=COC(=O)NS(=O)(=O)c1ccc(C)cc1. The number of amides is 1. The van der Waals surface area contributed by atoms with E-state index in [-0.39, 0.29) is 4.90 Å². The second kappa shape index (κ2) is 5.34. The predicted octanol–water partition coefficient (Wildman–Crippen LogP) is 1.71. The number of rotatable bonds is 3. The molecule has 0 aromatic heterocycles. The molecule has 17 heavy (non-hydrogen) atoms. The summed E-state index contributed by atoms with van der Waals surface area (Å²) >= 11 is 0. The van der Waals surface area contributed by atoms with Crippen molar-refractivity contribution in [1.82, 2.24) is 4.72 Å². The maximum atomic E-state index is 11.7. The maximum absolute atomic E-state index is 11.7. The van der Waals surface area contributed by atoms with Crippen molar-refractivity contribution >= 4 is 16.1 Å². The fraction of sp³-hybridized carbons (Fsp3) is 0.0909. The third-order valence-corrected chi connectivity index (χ3v) is 3.13. The second-order valence-corrected chi connectivity index (χ2v) is 4.83. The summed E-state index contributed by atoms with van der Waals surface area (Å²) in [7, 11) is -3.90. The second-order valence-electron chi connectivity index (χ2n) is 3.15. The summed E-state index contributed by atoms with van der Waals surface area (Å²) in [6.07, 6.45) is -0.248. The fourth-order valence-corrected chi connectivity index (χ4v) is 1.89. The lowest BCUT2D eigenvalue weighted by atomic mass is 10.2. The average Bonchev–Trinajstić information content (AvgIpc) is 2.26. The molecule has 1 aromatic carbocycles. The maximum Gasteiger partial charge on any atom is 0.426 e. The lowest BCUT2D eigenvalue weighted by molar-refractivity contribution is 0.192. The molecule has 0 radical (unpaired) electrons. The van der Waals surface area contributed by atoms with Crippen LogP contribution in [0.3, 0.4) is 0 Å². The number of hydrogen-bond donors (Lipinski definition) is 1. The third-order valence-electron chi connectivity index (χ3n) is 1.80. The Bertz CT molecular complexity index is 554. The van der Waals surface area contributed by atoms with Crippen molar-refractivity contribution in [3.05, 3.63) is 48.4 Å². The largest absolute Gasteiger partial charge is 0.426 e. The molecule has 0 aliphatic rings. The van der Waals surface area contributed by atoms with Gasteiger partial charge >= 0.3 is 6.09 Å². The van der Waals surface area contributed by atoms with E-state index in [4.69, 9.17) is 0 Å². The van der Waals surface area contributed by atoms with Crippen molar-refractivity contribution in [3.63, 3.8) is 0 Å². The normalized spacial score (nSPS) is 10.2. The molecule has 0 bridgehead atoms. The molecular weight excluding hydrogens is 242 g/mol. The zero-order valence-electron chi connectivity index (χ0n) is 9.14. The van der Waals surface area contributed by atoms with Gasteiger partial charge in [-0.2, -0.15) is 0 Å². The Morgan fingerprint density at radius 3 is 2.53 bits per heavy atom. The van der Waals surface area contributed by atoms with Gasteiger partial charge in [0.25, 0.3) is 10.0 Å². The van der Waals surface area contributed by atoms with Gasteiger partial charge < -0.3 is 4.74 Å². The van der Waals surface area contributed by atoms with Gasteiger partial charge in [-0.3, -0.25) is 0 Å². The molecule has 0 atom stereocenters. The number of hydrogen-bond acceptors (Lipinski definition) is 4. The fourth-order valence-electron chi connectivity index (χ4n) is 1.01. The number of sulfonamides is 1. The Morgan fingerprint density at radius 2 is 2.00 bits per heavy atom. The first-order chi connectivity index (χ1) is 7.95. The molecule has 0 aliphatic carbocycles. The summed E-state index contributed by atoms with van der Waals surface area (Å²) in [5.74, 6) is 0. The molecule has 1 rings (SSSR count). The molecule has 0 aliphatic heterocycles. The molecule has 0 saturated heterocycles. The summed E-state index contributed by atoms with van der Waals surface area (Å²) in [6, 6.07) is 6.05. The van der Waals surface area contributed by atoms with Gasteiger partial charge in [-0.05, 0) is 19.1 Å². The highest BCUT2D eigenvalue weighted by Crippen LogP contribution is 2.09. The van der Waals surface area contributed by atoms with Crippen LogP contribution in [0.5, 0.6) is 0 Å². The Labute approximate surface area is 99.5 Å². The molecule has 6 heteroatoms. The van der Waals surface area contributed by atoms with Crippen LogP contribution in [0.25, 0.3) is 0 Å². The first-order valence-electron chi connectivity index (χ1n) is 4.60. The van der Waals surface area contributed by atoms with Gasteiger partial charge in [-0.25, -0.2) is 17.9 Å². The average molecular weight is 253 g/mol. The van der Waals surface area contributed by atoms with Gasteiger partial charge in [-0.1, -0.05) is 30.0 Å². The summed E-state index contributed by atoms with van der Waals surface area (Å²) in [5, 5.41) is 0. The van der Waals surface area contributed by atoms with E-state index in [0.29, 0.717) is 0 Å². The van der Waals surface area contributed by atoms with Crippen LogP contribution in [-0.4, -0.2) is 14.5 Å². The van der Waals surface area contributed by atoms with E-state index in [1.807, 2.05) is 6.92 Å². The molecule has 1 aromatic rings. The van der Waals surface area contributed by atoms with Crippen LogP contribution >= 0.6 is 0 Å². The number of carbonyl (C=O) groups excluding carboxylic acids is 1. The Morgan fingerprint density at radius 1 is 1.41 bits per heavy atom. The van der Waals surface area contributed by atoms with Crippen molar-refractivity contribution in [2.75, 3.05) is 0 Å².